The fourth-order valence-corrected chi connectivity index (χ4v) is 3.28. The monoisotopic (exact) mass is 333 g/mol. The predicted octanol–water partition coefficient (Wildman–Crippen LogP) is 2.87. The van der Waals surface area contributed by atoms with Crippen molar-refractivity contribution in [1.82, 2.24) is 15.1 Å². The van der Waals surface area contributed by atoms with Gasteiger partial charge < -0.3 is 10.4 Å². The molecule has 0 radical (unpaired) electrons. The number of halogens is 1. The fraction of sp³-hybridized carbons (Fsp3) is 0.412. The third-order valence-corrected chi connectivity index (χ3v) is 4.93. The first kappa shape index (κ1) is 16.0. The van der Waals surface area contributed by atoms with Gasteiger partial charge in [0.05, 0.1) is 28.2 Å². The number of rotatable bonds is 5. The Morgan fingerprint density at radius 1 is 1.43 bits per heavy atom. The number of carbonyl (C=O) groups excluding carboxylic acids is 1. The van der Waals surface area contributed by atoms with E-state index in [-0.39, 0.29) is 18.1 Å². The normalized spacial score (nSPS) is 16.0. The van der Waals surface area contributed by atoms with Gasteiger partial charge in [0.1, 0.15) is 0 Å². The van der Waals surface area contributed by atoms with Crippen molar-refractivity contribution >= 4 is 17.5 Å². The van der Waals surface area contributed by atoms with E-state index in [0.717, 1.165) is 30.6 Å². The van der Waals surface area contributed by atoms with E-state index >= 15 is 0 Å². The molecule has 2 N–H and O–H groups in total. The van der Waals surface area contributed by atoms with E-state index in [1.165, 1.54) is 0 Å². The summed E-state index contributed by atoms with van der Waals surface area (Å²) >= 11 is 6.21. The number of nitrogens with zero attached hydrogens (tertiary/aromatic N) is 2. The summed E-state index contributed by atoms with van der Waals surface area (Å²) in [6.45, 7) is 1.93. The van der Waals surface area contributed by atoms with Crippen molar-refractivity contribution < 1.29 is 9.90 Å². The Morgan fingerprint density at radius 3 is 2.78 bits per heavy atom. The standard InChI is InChI=1S/C17H20ClN3O2/c1-12-13(16(23)20-17(9-10-22)7-4-8-17)11-19-21(12)15-6-3-2-5-14(15)18/h2-3,5-6,11,22H,4,7-10H2,1H3,(H,20,23). The molecule has 0 saturated heterocycles. The van der Waals surface area contributed by atoms with Crippen LogP contribution in [0.25, 0.3) is 5.69 Å². The van der Waals surface area contributed by atoms with Crippen molar-refractivity contribution in [1.29, 1.82) is 0 Å². The van der Waals surface area contributed by atoms with Crippen LogP contribution in [0.15, 0.2) is 30.5 Å². The molecule has 1 saturated carbocycles. The molecule has 1 fully saturated rings. The van der Waals surface area contributed by atoms with Crippen molar-refractivity contribution in [2.24, 2.45) is 0 Å². The maximum absolute atomic E-state index is 12.6. The third kappa shape index (κ3) is 2.99. The molecule has 122 valence electrons. The van der Waals surface area contributed by atoms with Gasteiger partial charge in [-0.15, -0.1) is 0 Å². The number of nitrogens with one attached hydrogen (secondary N) is 1. The highest BCUT2D eigenvalue weighted by molar-refractivity contribution is 6.32. The second kappa shape index (κ2) is 6.34. The van der Waals surface area contributed by atoms with E-state index in [0.29, 0.717) is 17.0 Å². The molecular formula is C17H20ClN3O2. The van der Waals surface area contributed by atoms with E-state index in [4.69, 9.17) is 11.6 Å². The first-order valence-corrected chi connectivity index (χ1v) is 8.17. The minimum atomic E-state index is -0.259. The van der Waals surface area contributed by atoms with Gasteiger partial charge in [-0.3, -0.25) is 4.79 Å². The molecule has 2 aromatic rings. The zero-order valence-electron chi connectivity index (χ0n) is 13.1. The highest BCUT2D eigenvalue weighted by Crippen LogP contribution is 2.35. The summed E-state index contributed by atoms with van der Waals surface area (Å²) in [5.41, 5.74) is 1.77. The summed E-state index contributed by atoms with van der Waals surface area (Å²) in [5.74, 6) is -0.144. The first-order chi connectivity index (χ1) is 11.1. The largest absolute Gasteiger partial charge is 0.396 e. The molecule has 1 amide bonds. The molecule has 1 aromatic carbocycles. The molecule has 0 spiro atoms. The molecule has 0 bridgehead atoms. The topological polar surface area (TPSA) is 67.2 Å². The summed E-state index contributed by atoms with van der Waals surface area (Å²) in [6.07, 6.45) is 5.07. The minimum absolute atomic E-state index is 0.0815. The van der Waals surface area contributed by atoms with E-state index in [9.17, 15) is 9.90 Å². The molecule has 0 unspecified atom stereocenters. The van der Waals surface area contributed by atoms with Crippen LogP contribution in [0.5, 0.6) is 0 Å². The van der Waals surface area contributed by atoms with Gasteiger partial charge in [0.25, 0.3) is 5.91 Å². The SMILES string of the molecule is Cc1c(C(=O)NC2(CCO)CCC2)cnn1-c1ccccc1Cl. The van der Waals surface area contributed by atoms with Gasteiger partial charge in [0, 0.05) is 12.1 Å². The molecule has 3 rings (SSSR count). The highest BCUT2D eigenvalue weighted by atomic mass is 35.5. The van der Waals surface area contributed by atoms with Crippen LogP contribution in [0, 0.1) is 6.92 Å². The summed E-state index contributed by atoms with van der Waals surface area (Å²) < 4.78 is 1.68. The number of hydrogen-bond donors (Lipinski definition) is 2. The molecule has 1 aliphatic rings. The van der Waals surface area contributed by atoms with Crippen LogP contribution in [0.4, 0.5) is 0 Å². The Kier molecular flexibility index (Phi) is 4.41. The smallest absolute Gasteiger partial charge is 0.255 e. The Labute approximate surface area is 140 Å². The fourth-order valence-electron chi connectivity index (χ4n) is 3.06. The molecule has 6 heteroatoms. The Morgan fingerprint density at radius 2 is 2.17 bits per heavy atom. The van der Waals surface area contributed by atoms with Gasteiger partial charge in [-0.25, -0.2) is 4.68 Å². The lowest BCUT2D eigenvalue weighted by atomic mass is 9.74. The number of benzene rings is 1. The van der Waals surface area contributed by atoms with E-state index in [1.807, 2.05) is 25.1 Å². The van der Waals surface area contributed by atoms with Crippen molar-refractivity contribution in [2.45, 2.75) is 38.1 Å². The second-order valence-electron chi connectivity index (χ2n) is 6.07. The van der Waals surface area contributed by atoms with Crippen LogP contribution in [0.1, 0.15) is 41.7 Å². The summed E-state index contributed by atoms with van der Waals surface area (Å²) in [7, 11) is 0. The molecule has 0 aliphatic heterocycles. The molecule has 23 heavy (non-hydrogen) atoms. The number of carbonyl (C=O) groups is 1. The van der Waals surface area contributed by atoms with Crippen molar-refractivity contribution in [3.05, 3.63) is 46.7 Å². The maximum Gasteiger partial charge on any atom is 0.255 e. The lowest BCUT2D eigenvalue weighted by Crippen LogP contribution is -2.54. The number of para-hydroxylation sites is 1. The van der Waals surface area contributed by atoms with Gasteiger partial charge in [-0.05, 0) is 44.7 Å². The number of aliphatic hydroxyl groups excluding tert-OH is 1. The number of aromatic nitrogens is 2. The molecular weight excluding hydrogens is 314 g/mol. The van der Waals surface area contributed by atoms with Gasteiger partial charge in [0.2, 0.25) is 0 Å². The van der Waals surface area contributed by atoms with Crippen molar-refractivity contribution in [3.8, 4) is 5.69 Å². The average molecular weight is 334 g/mol. The minimum Gasteiger partial charge on any atom is -0.396 e. The number of aliphatic hydroxyl groups is 1. The second-order valence-corrected chi connectivity index (χ2v) is 6.48. The zero-order valence-corrected chi connectivity index (χ0v) is 13.8. The summed E-state index contributed by atoms with van der Waals surface area (Å²) in [4.78, 5) is 12.6. The third-order valence-electron chi connectivity index (χ3n) is 4.61. The summed E-state index contributed by atoms with van der Waals surface area (Å²) in [6, 6.07) is 7.39. The van der Waals surface area contributed by atoms with E-state index in [1.54, 1.807) is 16.9 Å². The molecule has 0 atom stereocenters. The van der Waals surface area contributed by atoms with Gasteiger partial charge in [-0.1, -0.05) is 23.7 Å². The van der Waals surface area contributed by atoms with Crippen LogP contribution in [0.3, 0.4) is 0 Å². The average Bonchev–Trinajstić information content (AvgIpc) is 2.87. The molecule has 5 nitrogen and oxygen atoms in total. The Bertz CT molecular complexity index is 722. The lowest BCUT2D eigenvalue weighted by molar-refractivity contribution is 0.0771. The first-order valence-electron chi connectivity index (χ1n) is 7.79. The van der Waals surface area contributed by atoms with Crippen LogP contribution < -0.4 is 5.32 Å². The Hall–Kier alpha value is -1.85. The van der Waals surface area contributed by atoms with Crippen molar-refractivity contribution in [3.63, 3.8) is 0 Å². The molecule has 1 heterocycles. The summed E-state index contributed by atoms with van der Waals surface area (Å²) in [5, 5.41) is 17.2. The van der Waals surface area contributed by atoms with Gasteiger partial charge in [-0.2, -0.15) is 5.10 Å². The van der Waals surface area contributed by atoms with E-state index in [2.05, 4.69) is 10.4 Å². The zero-order chi connectivity index (χ0) is 16.4. The molecule has 1 aliphatic carbocycles. The van der Waals surface area contributed by atoms with Crippen LogP contribution in [-0.2, 0) is 0 Å². The van der Waals surface area contributed by atoms with Crippen LogP contribution in [0.2, 0.25) is 5.02 Å². The van der Waals surface area contributed by atoms with Crippen LogP contribution in [-0.4, -0.2) is 32.9 Å². The highest BCUT2D eigenvalue weighted by Gasteiger charge is 2.38. The van der Waals surface area contributed by atoms with Gasteiger partial charge >= 0.3 is 0 Å². The maximum atomic E-state index is 12.6. The quantitative estimate of drug-likeness (QED) is 0.884. The molecule has 1 aromatic heterocycles. The van der Waals surface area contributed by atoms with Crippen molar-refractivity contribution in [2.75, 3.05) is 6.61 Å². The lowest BCUT2D eigenvalue weighted by Gasteiger charge is -2.42. The predicted molar refractivity (Wildman–Crippen MR) is 89.1 cm³/mol. The number of hydrogen-bond acceptors (Lipinski definition) is 3. The number of amides is 1. The van der Waals surface area contributed by atoms with Crippen LogP contribution >= 0.6 is 11.6 Å². The van der Waals surface area contributed by atoms with Gasteiger partial charge in [0.15, 0.2) is 0 Å². The Balaban J connectivity index is 1.84. The van der Waals surface area contributed by atoms with E-state index < -0.39 is 0 Å².